The summed E-state index contributed by atoms with van der Waals surface area (Å²) in [6.45, 7) is 5.45. The second kappa shape index (κ2) is 6.96. The average molecular weight is 376 g/mol. The van der Waals surface area contributed by atoms with Crippen molar-refractivity contribution in [2.45, 2.75) is 20.8 Å². The first-order valence-electron chi connectivity index (χ1n) is 8.90. The zero-order chi connectivity index (χ0) is 19.8. The van der Waals surface area contributed by atoms with Gasteiger partial charge in [-0.15, -0.1) is 0 Å². The van der Waals surface area contributed by atoms with Crippen molar-refractivity contribution in [3.05, 3.63) is 77.5 Å². The number of fused-ring (bicyclic) bond motifs is 1. The number of rotatable bonds is 3. The standard InChI is InChI=1S/C22H18F2N4/c1-4-7-15-13(2)26-21(16-8-5-6-9-17(16)23)20(24)22(15)28-14(3)27-18-12-25-11-10-19(18)28/h4-12H,1-3H3/b7-4-. The first-order chi connectivity index (χ1) is 13.5. The molecule has 0 fully saturated rings. The largest absolute Gasteiger partial charge is 0.293 e. The van der Waals surface area contributed by atoms with Crippen LogP contribution in [0.5, 0.6) is 0 Å². The molecule has 0 N–H and O–H groups in total. The van der Waals surface area contributed by atoms with Crippen molar-refractivity contribution in [2.24, 2.45) is 0 Å². The van der Waals surface area contributed by atoms with Gasteiger partial charge in [-0.05, 0) is 39.0 Å². The van der Waals surface area contributed by atoms with Crippen molar-refractivity contribution in [3.63, 3.8) is 0 Å². The summed E-state index contributed by atoms with van der Waals surface area (Å²) in [6, 6.07) is 7.85. The van der Waals surface area contributed by atoms with Gasteiger partial charge in [0.25, 0.3) is 0 Å². The Bertz CT molecular complexity index is 1220. The molecular weight excluding hydrogens is 358 g/mol. The third-order valence-corrected chi connectivity index (χ3v) is 4.65. The SMILES string of the molecule is C/C=C\c1c(C)nc(-c2ccccc2F)c(F)c1-n1c(C)nc2cnccc21. The van der Waals surface area contributed by atoms with Crippen LogP contribution in [-0.2, 0) is 0 Å². The predicted molar refractivity (Wildman–Crippen MR) is 106 cm³/mol. The summed E-state index contributed by atoms with van der Waals surface area (Å²) in [5.41, 5.74) is 3.02. The Morgan fingerprint density at radius 3 is 2.57 bits per heavy atom. The number of benzene rings is 1. The Hall–Kier alpha value is -3.41. The number of imidazole rings is 1. The zero-order valence-corrected chi connectivity index (χ0v) is 15.7. The van der Waals surface area contributed by atoms with E-state index in [1.165, 1.54) is 12.1 Å². The van der Waals surface area contributed by atoms with E-state index in [2.05, 4.69) is 15.0 Å². The molecule has 4 aromatic rings. The van der Waals surface area contributed by atoms with Crippen LogP contribution in [0.15, 0.2) is 48.8 Å². The minimum atomic E-state index is -0.594. The van der Waals surface area contributed by atoms with E-state index >= 15 is 4.39 Å². The molecule has 0 amide bonds. The van der Waals surface area contributed by atoms with Gasteiger partial charge in [0.05, 0.1) is 17.4 Å². The van der Waals surface area contributed by atoms with Crippen LogP contribution in [0.25, 0.3) is 34.1 Å². The van der Waals surface area contributed by atoms with Gasteiger partial charge >= 0.3 is 0 Å². The normalized spacial score (nSPS) is 11.6. The van der Waals surface area contributed by atoms with Crippen molar-refractivity contribution in [1.29, 1.82) is 0 Å². The van der Waals surface area contributed by atoms with E-state index in [9.17, 15) is 4.39 Å². The molecule has 0 unspecified atom stereocenters. The van der Waals surface area contributed by atoms with Crippen LogP contribution >= 0.6 is 0 Å². The number of pyridine rings is 2. The van der Waals surface area contributed by atoms with Crippen LogP contribution in [0.4, 0.5) is 8.78 Å². The zero-order valence-electron chi connectivity index (χ0n) is 15.7. The first-order valence-corrected chi connectivity index (χ1v) is 8.90. The Morgan fingerprint density at radius 1 is 1.04 bits per heavy atom. The van der Waals surface area contributed by atoms with Gasteiger partial charge in [-0.3, -0.25) is 9.55 Å². The van der Waals surface area contributed by atoms with E-state index in [4.69, 9.17) is 0 Å². The van der Waals surface area contributed by atoms with E-state index in [0.717, 1.165) is 5.52 Å². The van der Waals surface area contributed by atoms with Crippen molar-refractivity contribution in [3.8, 4) is 16.9 Å². The Balaban J connectivity index is 2.14. The topological polar surface area (TPSA) is 43.6 Å². The lowest BCUT2D eigenvalue weighted by molar-refractivity contribution is 0.604. The fraction of sp³-hybridized carbons (Fsp3) is 0.136. The third-order valence-electron chi connectivity index (χ3n) is 4.65. The quantitative estimate of drug-likeness (QED) is 0.480. The van der Waals surface area contributed by atoms with Crippen molar-refractivity contribution in [1.82, 2.24) is 19.5 Å². The number of aryl methyl sites for hydroxylation is 2. The lowest BCUT2D eigenvalue weighted by Crippen LogP contribution is -2.09. The molecule has 0 atom stereocenters. The Labute approximate surface area is 161 Å². The molecule has 140 valence electrons. The van der Waals surface area contributed by atoms with Crippen LogP contribution in [0.2, 0.25) is 0 Å². The molecule has 1 aromatic carbocycles. The van der Waals surface area contributed by atoms with Gasteiger partial charge in [0.1, 0.15) is 22.9 Å². The van der Waals surface area contributed by atoms with Gasteiger partial charge in [0.2, 0.25) is 0 Å². The predicted octanol–water partition coefficient (Wildman–Crippen LogP) is 5.41. The van der Waals surface area contributed by atoms with Crippen LogP contribution in [0.3, 0.4) is 0 Å². The molecule has 28 heavy (non-hydrogen) atoms. The Kier molecular flexibility index (Phi) is 4.47. The van der Waals surface area contributed by atoms with Gasteiger partial charge in [-0.1, -0.05) is 24.3 Å². The van der Waals surface area contributed by atoms with Gasteiger partial charge in [0, 0.05) is 23.0 Å². The van der Waals surface area contributed by atoms with E-state index < -0.39 is 11.6 Å². The van der Waals surface area contributed by atoms with Gasteiger partial charge in [-0.2, -0.15) is 0 Å². The lowest BCUT2D eigenvalue weighted by atomic mass is 10.0. The lowest BCUT2D eigenvalue weighted by Gasteiger charge is -2.17. The smallest absolute Gasteiger partial charge is 0.174 e. The van der Waals surface area contributed by atoms with Crippen molar-refractivity contribution >= 4 is 17.1 Å². The summed E-state index contributed by atoms with van der Waals surface area (Å²) < 4.78 is 32.0. The highest BCUT2D eigenvalue weighted by Crippen LogP contribution is 2.34. The maximum Gasteiger partial charge on any atom is 0.174 e. The summed E-state index contributed by atoms with van der Waals surface area (Å²) >= 11 is 0. The Morgan fingerprint density at radius 2 is 1.82 bits per heavy atom. The molecule has 3 aromatic heterocycles. The highest BCUT2D eigenvalue weighted by atomic mass is 19.1. The fourth-order valence-electron chi connectivity index (χ4n) is 3.43. The summed E-state index contributed by atoms with van der Waals surface area (Å²) in [6.07, 6.45) is 6.90. The molecule has 3 heterocycles. The number of allylic oxidation sites excluding steroid dienone is 1. The van der Waals surface area contributed by atoms with Crippen LogP contribution in [-0.4, -0.2) is 19.5 Å². The third kappa shape index (κ3) is 2.78. The highest BCUT2D eigenvalue weighted by molar-refractivity contribution is 5.80. The van der Waals surface area contributed by atoms with Gasteiger partial charge in [0.15, 0.2) is 5.82 Å². The van der Waals surface area contributed by atoms with E-state index in [1.807, 2.05) is 13.0 Å². The molecule has 0 saturated carbocycles. The van der Waals surface area contributed by atoms with Crippen LogP contribution < -0.4 is 0 Å². The van der Waals surface area contributed by atoms with Crippen LogP contribution in [0, 0.1) is 25.5 Å². The average Bonchev–Trinajstić information content (AvgIpc) is 3.01. The van der Waals surface area contributed by atoms with E-state index in [1.54, 1.807) is 55.1 Å². The summed E-state index contributed by atoms with van der Waals surface area (Å²) in [4.78, 5) is 13.0. The molecule has 6 heteroatoms. The van der Waals surface area contributed by atoms with E-state index in [-0.39, 0.29) is 11.3 Å². The van der Waals surface area contributed by atoms with Gasteiger partial charge in [-0.25, -0.2) is 18.7 Å². The van der Waals surface area contributed by atoms with Crippen LogP contribution in [0.1, 0.15) is 24.0 Å². The number of halogens is 2. The maximum absolute atomic E-state index is 15.8. The molecule has 4 nitrogen and oxygen atoms in total. The maximum atomic E-state index is 15.8. The summed E-state index contributed by atoms with van der Waals surface area (Å²) in [5.74, 6) is -0.504. The minimum absolute atomic E-state index is 0.0193. The molecule has 0 spiro atoms. The number of hydrogen-bond acceptors (Lipinski definition) is 3. The molecule has 0 bridgehead atoms. The first kappa shape index (κ1) is 18.0. The molecule has 0 aliphatic carbocycles. The molecular formula is C22H18F2N4. The minimum Gasteiger partial charge on any atom is -0.293 e. The highest BCUT2D eigenvalue weighted by Gasteiger charge is 2.23. The number of hydrogen-bond donors (Lipinski definition) is 0. The molecule has 0 radical (unpaired) electrons. The van der Waals surface area contributed by atoms with Crippen molar-refractivity contribution < 1.29 is 8.78 Å². The number of nitrogens with zero attached hydrogens (tertiary/aromatic N) is 4. The summed E-state index contributed by atoms with van der Waals surface area (Å²) in [7, 11) is 0. The molecule has 0 saturated heterocycles. The van der Waals surface area contributed by atoms with E-state index in [0.29, 0.717) is 28.3 Å². The molecule has 4 rings (SSSR count). The van der Waals surface area contributed by atoms with Gasteiger partial charge < -0.3 is 0 Å². The fourth-order valence-corrected chi connectivity index (χ4v) is 3.43. The monoisotopic (exact) mass is 376 g/mol. The number of aromatic nitrogens is 4. The van der Waals surface area contributed by atoms with Crippen molar-refractivity contribution in [2.75, 3.05) is 0 Å². The molecule has 0 aliphatic rings. The second-order valence-corrected chi connectivity index (χ2v) is 6.46. The second-order valence-electron chi connectivity index (χ2n) is 6.46. The summed E-state index contributed by atoms with van der Waals surface area (Å²) in [5, 5.41) is 0. The molecule has 0 aliphatic heterocycles.